The number of aliphatic hydroxyl groups excluding tert-OH is 1. The van der Waals surface area contributed by atoms with Gasteiger partial charge in [0.1, 0.15) is 0 Å². The van der Waals surface area contributed by atoms with Crippen LogP contribution < -0.4 is 16.4 Å². The summed E-state index contributed by atoms with van der Waals surface area (Å²) in [6.45, 7) is 3.82. The number of nitrogen functional groups attached to an aromatic ring is 1. The molecule has 6 heteroatoms. The number of unbranched alkanes of at least 4 members (excludes halogenated alkanes) is 3. The zero-order valence-electron chi connectivity index (χ0n) is 17.2. The molecule has 1 aliphatic carbocycles. The van der Waals surface area contributed by atoms with Crippen LogP contribution in [-0.2, 0) is 6.54 Å². The second-order valence-corrected chi connectivity index (χ2v) is 8.83. The van der Waals surface area contributed by atoms with E-state index in [2.05, 4.69) is 33.5 Å². The smallest absolute Gasteiger partial charge is 0.251 e. The zero-order chi connectivity index (χ0) is 20.4. The standard InChI is InChI=1S/C22H36BrN3O2/c1-2-22(10-6-5-7-11-22)26-16-18-14-17(15-19(23)20(18)24)21(28)25-12-8-3-4-9-13-27/h14-15,26-27H,2-13,16,24H2,1H3,(H,25,28). The Morgan fingerprint density at radius 2 is 1.89 bits per heavy atom. The van der Waals surface area contributed by atoms with Crippen molar-refractivity contribution < 1.29 is 9.90 Å². The number of nitrogens with two attached hydrogens (primary N) is 1. The van der Waals surface area contributed by atoms with Gasteiger partial charge < -0.3 is 21.5 Å². The maximum Gasteiger partial charge on any atom is 0.251 e. The normalized spacial score (nSPS) is 16.1. The van der Waals surface area contributed by atoms with Crippen LogP contribution in [-0.4, -0.2) is 29.7 Å². The SMILES string of the molecule is CCC1(NCc2cc(C(=O)NCCCCCCO)cc(Br)c2N)CCCCC1. The van der Waals surface area contributed by atoms with Gasteiger partial charge in [0.2, 0.25) is 0 Å². The number of halogens is 1. The van der Waals surface area contributed by atoms with Crippen molar-refractivity contribution in [3.05, 3.63) is 27.7 Å². The molecular weight excluding hydrogens is 418 g/mol. The first-order valence-corrected chi connectivity index (χ1v) is 11.5. The topological polar surface area (TPSA) is 87.4 Å². The van der Waals surface area contributed by atoms with E-state index < -0.39 is 0 Å². The van der Waals surface area contributed by atoms with E-state index in [0.717, 1.165) is 42.1 Å². The number of hydrogen-bond donors (Lipinski definition) is 4. The molecule has 0 aromatic heterocycles. The first-order valence-electron chi connectivity index (χ1n) is 10.7. The van der Waals surface area contributed by atoms with Gasteiger partial charge in [-0.1, -0.05) is 39.0 Å². The van der Waals surface area contributed by atoms with Crippen molar-refractivity contribution in [1.82, 2.24) is 10.6 Å². The predicted octanol–water partition coefficient (Wildman–Crippen LogP) is 4.52. The minimum Gasteiger partial charge on any atom is -0.398 e. The van der Waals surface area contributed by atoms with Gasteiger partial charge in [0.15, 0.2) is 0 Å². The lowest BCUT2D eigenvalue weighted by molar-refractivity contribution is 0.0952. The molecule has 2 rings (SSSR count). The third-order valence-electron chi connectivity index (χ3n) is 5.99. The van der Waals surface area contributed by atoms with Gasteiger partial charge in [0.05, 0.1) is 5.69 Å². The number of carbonyl (C=O) groups excluding carboxylic acids is 1. The average molecular weight is 454 g/mol. The highest BCUT2D eigenvalue weighted by Gasteiger charge is 2.29. The summed E-state index contributed by atoms with van der Waals surface area (Å²) in [5, 5.41) is 15.5. The van der Waals surface area contributed by atoms with E-state index in [1.807, 2.05) is 6.07 Å². The number of nitrogens with one attached hydrogen (secondary N) is 2. The lowest BCUT2D eigenvalue weighted by Crippen LogP contribution is -2.45. The molecule has 1 amide bonds. The van der Waals surface area contributed by atoms with Crippen molar-refractivity contribution in [2.45, 2.75) is 83.2 Å². The first-order chi connectivity index (χ1) is 13.5. The number of amides is 1. The molecule has 1 aromatic carbocycles. The summed E-state index contributed by atoms with van der Waals surface area (Å²) in [4.78, 5) is 12.5. The molecule has 0 unspecified atom stereocenters. The molecule has 1 aliphatic rings. The van der Waals surface area contributed by atoms with Crippen molar-refractivity contribution in [2.24, 2.45) is 0 Å². The van der Waals surface area contributed by atoms with Gasteiger partial charge in [-0.3, -0.25) is 4.79 Å². The van der Waals surface area contributed by atoms with Gasteiger partial charge in [-0.25, -0.2) is 0 Å². The van der Waals surface area contributed by atoms with Crippen molar-refractivity contribution >= 4 is 27.5 Å². The minimum atomic E-state index is -0.0630. The molecule has 0 aliphatic heterocycles. The van der Waals surface area contributed by atoms with E-state index >= 15 is 0 Å². The van der Waals surface area contributed by atoms with Crippen molar-refractivity contribution in [2.75, 3.05) is 18.9 Å². The third-order valence-corrected chi connectivity index (χ3v) is 6.65. The fourth-order valence-electron chi connectivity index (χ4n) is 4.01. The van der Waals surface area contributed by atoms with E-state index in [1.165, 1.54) is 32.1 Å². The summed E-state index contributed by atoms with van der Waals surface area (Å²) in [6.07, 6.45) is 11.2. The van der Waals surface area contributed by atoms with Crippen LogP contribution in [0.4, 0.5) is 5.69 Å². The van der Waals surface area contributed by atoms with Gasteiger partial charge in [0, 0.05) is 35.3 Å². The van der Waals surface area contributed by atoms with Gasteiger partial charge in [0.25, 0.3) is 5.91 Å². The van der Waals surface area contributed by atoms with Crippen molar-refractivity contribution in [3.8, 4) is 0 Å². The lowest BCUT2D eigenvalue weighted by atomic mass is 9.79. The third kappa shape index (κ3) is 6.75. The molecular formula is C22H36BrN3O2. The summed E-state index contributed by atoms with van der Waals surface area (Å²) < 4.78 is 0.772. The Bertz CT molecular complexity index is 630. The van der Waals surface area contributed by atoms with Crippen LogP contribution in [0, 0.1) is 0 Å². The van der Waals surface area contributed by atoms with Crippen molar-refractivity contribution in [3.63, 3.8) is 0 Å². The molecule has 0 radical (unpaired) electrons. The van der Waals surface area contributed by atoms with E-state index in [-0.39, 0.29) is 18.1 Å². The molecule has 0 heterocycles. The molecule has 1 aromatic rings. The van der Waals surface area contributed by atoms with Gasteiger partial charge in [-0.05, 0) is 65.7 Å². The van der Waals surface area contributed by atoms with Crippen LogP contribution in [0.3, 0.4) is 0 Å². The number of benzene rings is 1. The average Bonchev–Trinajstić information content (AvgIpc) is 2.72. The Hall–Kier alpha value is -1.11. The molecule has 1 fully saturated rings. The molecule has 158 valence electrons. The van der Waals surface area contributed by atoms with Gasteiger partial charge in [-0.15, -0.1) is 0 Å². The second kappa shape index (κ2) is 11.8. The van der Waals surface area contributed by atoms with Crippen LogP contribution in [0.25, 0.3) is 0 Å². The molecule has 0 spiro atoms. The van der Waals surface area contributed by atoms with Crippen LogP contribution >= 0.6 is 15.9 Å². The summed E-state index contributed by atoms with van der Waals surface area (Å²) in [6, 6.07) is 3.72. The number of hydrogen-bond acceptors (Lipinski definition) is 4. The number of anilines is 1. The maximum absolute atomic E-state index is 12.5. The van der Waals surface area contributed by atoms with E-state index in [9.17, 15) is 4.79 Å². The number of carbonyl (C=O) groups is 1. The van der Waals surface area contributed by atoms with E-state index in [4.69, 9.17) is 10.8 Å². The highest BCUT2D eigenvalue weighted by atomic mass is 79.9. The Balaban J connectivity index is 1.96. The highest BCUT2D eigenvalue weighted by Crippen LogP contribution is 2.32. The van der Waals surface area contributed by atoms with E-state index in [0.29, 0.717) is 24.3 Å². The Kier molecular flexibility index (Phi) is 9.75. The van der Waals surface area contributed by atoms with Crippen LogP contribution in [0.2, 0.25) is 0 Å². The Morgan fingerprint density at radius 1 is 1.18 bits per heavy atom. The fraction of sp³-hybridized carbons (Fsp3) is 0.682. The highest BCUT2D eigenvalue weighted by molar-refractivity contribution is 9.10. The Morgan fingerprint density at radius 3 is 2.57 bits per heavy atom. The molecule has 5 N–H and O–H groups in total. The van der Waals surface area contributed by atoms with Crippen LogP contribution in [0.5, 0.6) is 0 Å². The maximum atomic E-state index is 12.5. The molecule has 0 bridgehead atoms. The zero-order valence-corrected chi connectivity index (χ0v) is 18.7. The molecule has 1 saturated carbocycles. The Labute approximate surface area is 178 Å². The van der Waals surface area contributed by atoms with Crippen molar-refractivity contribution in [1.29, 1.82) is 0 Å². The summed E-state index contributed by atoms with van der Waals surface area (Å²) in [5.41, 5.74) is 8.80. The summed E-state index contributed by atoms with van der Waals surface area (Å²) >= 11 is 3.52. The molecule has 0 atom stereocenters. The number of rotatable bonds is 11. The quantitative estimate of drug-likeness (QED) is 0.293. The van der Waals surface area contributed by atoms with Crippen LogP contribution in [0.1, 0.15) is 87.1 Å². The summed E-state index contributed by atoms with van der Waals surface area (Å²) in [7, 11) is 0. The molecule has 28 heavy (non-hydrogen) atoms. The minimum absolute atomic E-state index is 0.0630. The fourth-order valence-corrected chi connectivity index (χ4v) is 4.51. The largest absolute Gasteiger partial charge is 0.398 e. The summed E-state index contributed by atoms with van der Waals surface area (Å²) in [5.74, 6) is -0.0630. The monoisotopic (exact) mass is 453 g/mol. The molecule has 0 saturated heterocycles. The van der Waals surface area contributed by atoms with Gasteiger partial charge in [-0.2, -0.15) is 0 Å². The predicted molar refractivity (Wildman–Crippen MR) is 119 cm³/mol. The number of aliphatic hydroxyl groups is 1. The second-order valence-electron chi connectivity index (χ2n) is 7.97. The first kappa shape index (κ1) is 23.2. The van der Waals surface area contributed by atoms with Crippen LogP contribution in [0.15, 0.2) is 16.6 Å². The van der Waals surface area contributed by atoms with Gasteiger partial charge >= 0.3 is 0 Å². The van der Waals surface area contributed by atoms with E-state index in [1.54, 1.807) is 6.07 Å². The lowest BCUT2D eigenvalue weighted by Gasteiger charge is -2.38. The molecule has 5 nitrogen and oxygen atoms in total.